The third-order valence-electron chi connectivity index (χ3n) is 5.06. The molecule has 19 heavy (non-hydrogen) atoms. The molecule has 0 aromatic heterocycles. The monoisotopic (exact) mass is 266 g/mol. The Kier molecular flexibility index (Phi) is 5.70. The maximum absolute atomic E-state index is 3.67. The lowest BCUT2D eigenvalue weighted by Gasteiger charge is -2.45. The molecule has 2 heteroatoms. The van der Waals surface area contributed by atoms with Crippen LogP contribution in [0.25, 0.3) is 0 Å². The number of likely N-dealkylation sites (tertiary alicyclic amines) is 1. The van der Waals surface area contributed by atoms with Gasteiger partial charge in [-0.15, -0.1) is 0 Å². The van der Waals surface area contributed by atoms with Crippen LogP contribution >= 0.6 is 0 Å². The summed E-state index contributed by atoms with van der Waals surface area (Å²) >= 11 is 0. The number of piperidine rings is 1. The molecular formula is C17H34N2. The van der Waals surface area contributed by atoms with E-state index < -0.39 is 0 Å². The van der Waals surface area contributed by atoms with E-state index in [1.54, 1.807) is 0 Å². The number of hydrogen-bond donors (Lipinski definition) is 1. The van der Waals surface area contributed by atoms with Crippen LogP contribution in [-0.4, -0.2) is 36.1 Å². The molecule has 1 saturated carbocycles. The minimum atomic E-state index is 0.618. The molecule has 0 bridgehead atoms. The fraction of sp³-hybridized carbons (Fsp3) is 1.00. The van der Waals surface area contributed by atoms with E-state index in [2.05, 4.69) is 37.9 Å². The van der Waals surface area contributed by atoms with Crippen molar-refractivity contribution in [1.82, 2.24) is 10.2 Å². The smallest absolute Gasteiger partial charge is 0.0223 e. The summed E-state index contributed by atoms with van der Waals surface area (Å²) in [7, 11) is 0. The Morgan fingerprint density at radius 3 is 2.37 bits per heavy atom. The zero-order valence-electron chi connectivity index (χ0n) is 13.5. The van der Waals surface area contributed by atoms with Crippen LogP contribution in [0.5, 0.6) is 0 Å². The van der Waals surface area contributed by atoms with Gasteiger partial charge < -0.3 is 5.32 Å². The molecule has 112 valence electrons. The Hall–Kier alpha value is -0.0800. The van der Waals surface area contributed by atoms with Crippen molar-refractivity contribution < 1.29 is 0 Å². The first-order valence-corrected chi connectivity index (χ1v) is 8.55. The Bertz CT molecular complexity index is 254. The average molecular weight is 266 g/mol. The maximum Gasteiger partial charge on any atom is 0.0223 e. The van der Waals surface area contributed by atoms with Gasteiger partial charge in [-0.3, -0.25) is 4.90 Å². The van der Waals surface area contributed by atoms with Crippen LogP contribution in [0.1, 0.15) is 66.2 Å². The highest BCUT2D eigenvalue weighted by atomic mass is 15.2. The van der Waals surface area contributed by atoms with E-state index >= 15 is 0 Å². The summed E-state index contributed by atoms with van der Waals surface area (Å²) in [6.07, 6.45) is 8.56. The van der Waals surface area contributed by atoms with Gasteiger partial charge in [0.25, 0.3) is 0 Å². The van der Waals surface area contributed by atoms with E-state index in [1.165, 1.54) is 51.6 Å². The summed E-state index contributed by atoms with van der Waals surface area (Å²) in [6, 6.07) is 2.27. The molecule has 2 rings (SSSR count). The van der Waals surface area contributed by atoms with Crippen LogP contribution in [0.15, 0.2) is 0 Å². The first kappa shape index (κ1) is 15.3. The summed E-state index contributed by atoms with van der Waals surface area (Å²) in [6.45, 7) is 12.0. The summed E-state index contributed by atoms with van der Waals surface area (Å²) in [5, 5.41) is 3.67. The van der Waals surface area contributed by atoms with Gasteiger partial charge in [-0.1, -0.05) is 34.1 Å². The first-order chi connectivity index (χ1) is 9.06. The van der Waals surface area contributed by atoms with Gasteiger partial charge in [-0.2, -0.15) is 0 Å². The highest BCUT2D eigenvalue weighted by Crippen LogP contribution is 2.34. The summed E-state index contributed by atoms with van der Waals surface area (Å²) < 4.78 is 0. The lowest BCUT2D eigenvalue weighted by atomic mass is 9.78. The molecule has 1 aliphatic carbocycles. The molecule has 2 nitrogen and oxygen atoms in total. The standard InChI is InChI=1S/C17H34N2/c1-13(2)18-12-16-7-5-6-8-19(16)17-10-14(3)9-15(4)11-17/h13-18H,5-12H2,1-4H3. The summed E-state index contributed by atoms with van der Waals surface area (Å²) in [5.74, 6) is 1.85. The Balaban J connectivity index is 1.94. The van der Waals surface area contributed by atoms with Crippen molar-refractivity contribution in [2.45, 2.75) is 84.3 Å². The van der Waals surface area contributed by atoms with Crippen molar-refractivity contribution in [3.05, 3.63) is 0 Å². The van der Waals surface area contributed by atoms with Crippen molar-refractivity contribution in [2.24, 2.45) is 11.8 Å². The van der Waals surface area contributed by atoms with Gasteiger partial charge in [-0.05, 0) is 50.5 Å². The van der Waals surface area contributed by atoms with Crippen LogP contribution in [-0.2, 0) is 0 Å². The van der Waals surface area contributed by atoms with Crippen LogP contribution in [0.2, 0.25) is 0 Å². The summed E-state index contributed by atoms with van der Waals surface area (Å²) in [5.41, 5.74) is 0. The molecule has 0 aromatic carbocycles. The minimum absolute atomic E-state index is 0.618. The molecule has 3 atom stereocenters. The second kappa shape index (κ2) is 7.08. The molecule has 0 spiro atoms. The lowest BCUT2D eigenvalue weighted by molar-refractivity contribution is 0.0458. The zero-order valence-corrected chi connectivity index (χ0v) is 13.5. The third-order valence-corrected chi connectivity index (χ3v) is 5.06. The van der Waals surface area contributed by atoms with Crippen LogP contribution in [0.3, 0.4) is 0 Å². The second-order valence-electron chi connectivity index (χ2n) is 7.52. The quantitative estimate of drug-likeness (QED) is 0.835. The Labute approximate surface area is 120 Å². The fourth-order valence-corrected chi connectivity index (χ4v) is 4.27. The first-order valence-electron chi connectivity index (χ1n) is 8.55. The van der Waals surface area contributed by atoms with Gasteiger partial charge in [-0.25, -0.2) is 0 Å². The SMILES string of the molecule is CC1CC(C)CC(N2CCCCC2CNC(C)C)C1. The fourth-order valence-electron chi connectivity index (χ4n) is 4.27. The highest BCUT2D eigenvalue weighted by molar-refractivity contribution is 4.88. The molecule has 1 heterocycles. The number of hydrogen-bond acceptors (Lipinski definition) is 2. The van der Waals surface area contributed by atoms with Crippen molar-refractivity contribution >= 4 is 0 Å². The normalized spacial score (nSPS) is 37.7. The van der Waals surface area contributed by atoms with Crippen molar-refractivity contribution in [3.63, 3.8) is 0 Å². The van der Waals surface area contributed by atoms with Crippen LogP contribution < -0.4 is 5.32 Å². The molecule has 3 unspecified atom stereocenters. The molecule has 1 saturated heterocycles. The van der Waals surface area contributed by atoms with Crippen molar-refractivity contribution in [1.29, 1.82) is 0 Å². The number of rotatable bonds is 4. The average Bonchev–Trinajstić information content (AvgIpc) is 2.35. The Morgan fingerprint density at radius 1 is 1.05 bits per heavy atom. The molecule has 1 aliphatic heterocycles. The van der Waals surface area contributed by atoms with Gasteiger partial charge in [0.05, 0.1) is 0 Å². The van der Waals surface area contributed by atoms with Crippen molar-refractivity contribution in [2.75, 3.05) is 13.1 Å². The van der Waals surface area contributed by atoms with E-state index in [-0.39, 0.29) is 0 Å². The molecule has 1 N–H and O–H groups in total. The van der Waals surface area contributed by atoms with E-state index in [9.17, 15) is 0 Å². The largest absolute Gasteiger partial charge is 0.313 e. The minimum Gasteiger partial charge on any atom is -0.313 e. The highest BCUT2D eigenvalue weighted by Gasteiger charge is 2.33. The van der Waals surface area contributed by atoms with Gasteiger partial charge in [0, 0.05) is 24.7 Å². The van der Waals surface area contributed by atoms with E-state index in [1.807, 2.05) is 0 Å². The summed E-state index contributed by atoms with van der Waals surface area (Å²) in [4.78, 5) is 2.87. The molecule has 2 aliphatic rings. The second-order valence-corrected chi connectivity index (χ2v) is 7.52. The van der Waals surface area contributed by atoms with E-state index in [0.29, 0.717) is 6.04 Å². The van der Waals surface area contributed by atoms with Crippen molar-refractivity contribution in [3.8, 4) is 0 Å². The molecule has 0 amide bonds. The predicted octanol–water partition coefficient (Wildman–Crippen LogP) is 3.66. The number of nitrogens with zero attached hydrogens (tertiary/aromatic N) is 1. The Morgan fingerprint density at radius 2 is 1.74 bits per heavy atom. The molecular weight excluding hydrogens is 232 g/mol. The lowest BCUT2D eigenvalue weighted by Crippen LogP contribution is -2.52. The van der Waals surface area contributed by atoms with E-state index in [0.717, 1.165) is 23.9 Å². The van der Waals surface area contributed by atoms with Gasteiger partial charge in [0.15, 0.2) is 0 Å². The molecule has 0 radical (unpaired) electrons. The molecule has 2 fully saturated rings. The molecule has 0 aromatic rings. The van der Waals surface area contributed by atoms with Gasteiger partial charge in [0.2, 0.25) is 0 Å². The van der Waals surface area contributed by atoms with E-state index in [4.69, 9.17) is 0 Å². The zero-order chi connectivity index (χ0) is 13.8. The predicted molar refractivity (Wildman–Crippen MR) is 83.5 cm³/mol. The third kappa shape index (κ3) is 4.46. The van der Waals surface area contributed by atoms with Gasteiger partial charge >= 0.3 is 0 Å². The maximum atomic E-state index is 3.67. The number of nitrogens with one attached hydrogen (secondary N) is 1. The van der Waals surface area contributed by atoms with Crippen LogP contribution in [0, 0.1) is 11.8 Å². The van der Waals surface area contributed by atoms with Gasteiger partial charge in [0.1, 0.15) is 0 Å². The van der Waals surface area contributed by atoms with Crippen LogP contribution in [0.4, 0.5) is 0 Å². The topological polar surface area (TPSA) is 15.3 Å².